The quantitative estimate of drug-likeness (QED) is 0.905. The highest BCUT2D eigenvalue weighted by atomic mass is 79.9. The van der Waals surface area contributed by atoms with Gasteiger partial charge in [0.2, 0.25) is 0 Å². The van der Waals surface area contributed by atoms with Crippen molar-refractivity contribution in [2.45, 2.75) is 46.1 Å². The number of rotatable bonds is 5. The van der Waals surface area contributed by atoms with Crippen LogP contribution in [-0.2, 0) is 13.5 Å². The van der Waals surface area contributed by atoms with Crippen LogP contribution in [-0.4, -0.2) is 15.8 Å². The van der Waals surface area contributed by atoms with Crippen molar-refractivity contribution in [1.29, 1.82) is 0 Å². The van der Waals surface area contributed by atoms with Crippen LogP contribution in [0.15, 0.2) is 4.47 Å². The van der Waals surface area contributed by atoms with E-state index in [1.807, 2.05) is 18.7 Å². The highest BCUT2D eigenvalue weighted by Crippen LogP contribution is 2.23. The Morgan fingerprint density at radius 2 is 2.12 bits per heavy atom. The molecule has 0 bridgehead atoms. The van der Waals surface area contributed by atoms with Crippen LogP contribution in [0.3, 0.4) is 0 Å². The molecule has 3 nitrogen and oxygen atoms in total. The largest absolute Gasteiger partial charge is 0.327 e. The Morgan fingerprint density at radius 1 is 1.50 bits per heavy atom. The molecule has 0 aliphatic carbocycles. The Bertz CT molecular complexity index is 346. The molecule has 1 aromatic rings. The van der Waals surface area contributed by atoms with E-state index in [9.17, 15) is 0 Å². The molecule has 2 unspecified atom stereocenters. The van der Waals surface area contributed by atoms with Crippen LogP contribution in [0.25, 0.3) is 0 Å². The van der Waals surface area contributed by atoms with E-state index in [4.69, 9.17) is 5.73 Å². The van der Waals surface area contributed by atoms with Crippen molar-refractivity contribution in [1.82, 2.24) is 9.78 Å². The zero-order valence-corrected chi connectivity index (χ0v) is 12.2. The van der Waals surface area contributed by atoms with Gasteiger partial charge in [0.05, 0.1) is 15.9 Å². The molecule has 1 heterocycles. The van der Waals surface area contributed by atoms with Gasteiger partial charge < -0.3 is 5.73 Å². The van der Waals surface area contributed by atoms with Gasteiger partial charge in [-0.1, -0.05) is 20.3 Å². The van der Waals surface area contributed by atoms with Crippen molar-refractivity contribution >= 4 is 15.9 Å². The first-order chi connectivity index (χ1) is 7.47. The molecular formula is C12H22BrN3. The minimum atomic E-state index is 0.214. The summed E-state index contributed by atoms with van der Waals surface area (Å²) in [7, 11) is 1.98. The molecule has 0 spiro atoms. The lowest BCUT2D eigenvalue weighted by Gasteiger charge is -2.19. The second-order valence-electron chi connectivity index (χ2n) is 4.60. The first kappa shape index (κ1) is 13.7. The lowest BCUT2D eigenvalue weighted by atomic mass is 9.94. The van der Waals surface area contributed by atoms with Crippen LogP contribution >= 0.6 is 15.9 Å². The molecule has 0 amide bonds. The number of aryl methyl sites for hydroxylation is 2. The van der Waals surface area contributed by atoms with Gasteiger partial charge in [0.1, 0.15) is 0 Å². The summed E-state index contributed by atoms with van der Waals surface area (Å²) in [6.07, 6.45) is 3.27. The summed E-state index contributed by atoms with van der Waals surface area (Å²) in [4.78, 5) is 0. The van der Waals surface area contributed by atoms with Gasteiger partial charge >= 0.3 is 0 Å². The number of aromatic nitrogens is 2. The molecule has 0 saturated heterocycles. The van der Waals surface area contributed by atoms with Crippen molar-refractivity contribution < 1.29 is 0 Å². The maximum Gasteiger partial charge on any atom is 0.0738 e. The van der Waals surface area contributed by atoms with Crippen molar-refractivity contribution in [3.8, 4) is 0 Å². The summed E-state index contributed by atoms with van der Waals surface area (Å²) in [5.74, 6) is 0.562. The number of hydrogen-bond acceptors (Lipinski definition) is 2. The average Bonchev–Trinajstić information content (AvgIpc) is 2.45. The van der Waals surface area contributed by atoms with E-state index in [2.05, 4.69) is 34.9 Å². The van der Waals surface area contributed by atoms with E-state index >= 15 is 0 Å². The first-order valence-electron chi connectivity index (χ1n) is 5.90. The fraction of sp³-hybridized carbons (Fsp3) is 0.750. The van der Waals surface area contributed by atoms with Crippen molar-refractivity contribution in [3.63, 3.8) is 0 Å². The molecule has 0 fully saturated rings. The van der Waals surface area contributed by atoms with Crippen molar-refractivity contribution in [2.75, 3.05) is 0 Å². The zero-order valence-electron chi connectivity index (χ0n) is 10.6. The smallest absolute Gasteiger partial charge is 0.0738 e. The Balaban J connectivity index is 2.72. The summed E-state index contributed by atoms with van der Waals surface area (Å²) < 4.78 is 3.03. The number of halogens is 1. The third kappa shape index (κ3) is 3.08. The summed E-state index contributed by atoms with van der Waals surface area (Å²) in [5.41, 5.74) is 8.46. The van der Waals surface area contributed by atoms with Gasteiger partial charge in [-0.15, -0.1) is 0 Å². The van der Waals surface area contributed by atoms with Crippen LogP contribution in [0.5, 0.6) is 0 Å². The lowest BCUT2D eigenvalue weighted by molar-refractivity contribution is 0.412. The molecule has 0 aliphatic heterocycles. The first-order valence-corrected chi connectivity index (χ1v) is 6.70. The summed E-state index contributed by atoms with van der Waals surface area (Å²) in [6.45, 7) is 6.44. The van der Waals surface area contributed by atoms with Gasteiger partial charge in [-0.2, -0.15) is 5.10 Å². The van der Waals surface area contributed by atoms with Gasteiger partial charge in [-0.3, -0.25) is 4.68 Å². The molecule has 92 valence electrons. The molecule has 0 radical (unpaired) electrons. The molecule has 1 aromatic heterocycles. The third-order valence-corrected chi connectivity index (χ3v) is 4.20. The van der Waals surface area contributed by atoms with Gasteiger partial charge in [0.15, 0.2) is 0 Å². The standard InChI is InChI=1S/C12H22BrN3/c1-5-6-8(2)10(14)7-11-12(13)9(3)15-16(11)4/h8,10H,5-7,14H2,1-4H3. The van der Waals surface area contributed by atoms with Gasteiger partial charge in [0, 0.05) is 19.5 Å². The van der Waals surface area contributed by atoms with Gasteiger partial charge in [0.25, 0.3) is 0 Å². The molecule has 2 N–H and O–H groups in total. The Kier molecular flexibility index (Phi) is 4.99. The fourth-order valence-electron chi connectivity index (χ4n) is 2.00. The highest BCUT2D eigenvalue weighted by molar-refractivity contribution is 9.10. The highest BCUT2D eigenvalue weighted by Gasteiger charge is 2.17. The minimum absolute atomic E-state index is 0.214. The van der Waals surface area contributed by atoms with Crippen LogP contribution in [0.2, 0.25) is 0 Å². The Hall–Kier alpha value is -0.350. The molecule has 0 saturated carbocycles. The molecule has 1 rings (SSSR count). The average molecular weight is 288 g/mol. The van der Waals surface area contributed by atoms with Crippen molar-refractivity contribution in [2.24, 2.45) is 18.7 Å². The topological polar surface area (TPSA) is 43.8 Å². The van der Waals surface area contributed by atoms with Crippen LogP contribution in [0, 0.1) is 12.8 Å². The molecule has 16 heavy (non-hydrogen) atoms. The molecule has 0 aliphatic rings. The minimum Gasteiger partial charge on any atom is -0.327 e. The maximum atomic E-state index is 6.22. The Morgan fingerprint density at radius 3 is 2.56 bits per heavy atom. The molecule has 4 heteroatoms. The van der Waals surface area contributed by atoms with E-state index < -0.39 is 0 Å². The summed E-state index contributed by atoms with van der Waals surface area (Å²) in [6, 6.07) is 0.214. The predicted molar refractivity (Wildman–Crippen MR) is 71.4 cm³/mol. The number of nitrogens with two attached hydrogens (primary N) is 1. The SMILES string of the molecule is CCCC(C)C(N)Cc1c(Br)c(C)nn1C. The van der Waals surface area contributed by atoms with E-state index in [1.165, 1.54) is 18.5 Å². The zero-order chi connectivity index (χ0) is 12.3. The second-order valence-corrected chi connectivity index (χ2v) is 5.40. The Labute approximate surface area is 107 Å². The second kappa shape index (κ2) is 5.82. The fourth-order valence-corrected chi connectivity index (χ4v) is 2.49. The van der Waals surface area contributed by atoms with Crippen LogP contribution in [0.1, 0.15) is 38.1 Å². The maximum absolute atomic E-state index is 6.22. The van der Waals surface area contributed by atoms with E-state index in [0.717, 1.165) is 16.6 Å². The normalized spacial score (nSPS) is 15.1. The van der Waals surface area contributed by atoms with E-state index in [0.29, 0.717) is 5.92 Å². The van der Waals surface area contributed by atoms with Crippen molar-refractivity contribution in [3.05, 3.63) is 15.9 Å². The molecule has 2 atom stereocenters. The number of hydrogen-bond donors (Lipinski definition) is 1. The number of nitrogens with zero attached hydrogens (tertiary/aromatic N) is 2. The van der Waals surface area contributed by atoms with Crippen LogP contribution in [0.4, 0.5) is 0 Å². The molecule has 0 aromatic carbocycles. The predicted octanol–water partition coefficient (Wildman–Crippen LogP) is 2.80. The van der Waals surface area contributed by atoms with Gasteiger partial charge in [-0.25, -0.2) is 0 Å². The third-order valence-electron chi connectivity index (χ3n) is 3.17. The molecular weight excluding hydrogens is 266 g/mol. The van der Waals surface area contributed by atoms with E-state index in [-0.39, 0.29) is 6.04 Å². The van der Waals surface area contributed by atoms with E-state index in [1.54, 1.807) is 0 Å². The monoisotopic (exact) mass is 287 g/mol. The lowest BCUT2D eigenvalue weighted by Crippen LogP contribution is -2.31. The summed E-state index contributed by atoms with van der Waals surface area (Å²) >= 11 is 3.58. The van der Waals surface area contributed by atoms with Gasteiger partial charge in [-0.05, 0) is 35.2 Å². The van der Waals surface area contributed by atoms with Crippen LogP contribution < -0.4 is 5.73 Å². The summed E-state index contributed by atoms with van der Waals surface area (Å²) in [5, 5.41) is 4.38.